The summed E-state index contributed by atoms with van der Waals surface area (Å²) in [5.74, 6) is 0. The van der Waals surface area contributed by atoms with Crippen molar-refractivity contribution < 1.29 is 0 Å². The molecule has 0 spiro atoms. The normalized spacial score (nSPS) is 11.8. The fourth-order valence-corrected chi connectivity index (χ4v) is 2.03. The Morgan fingerprint density at radius 2 is 2.33 bits per heavy atom. The molecular weight excluding hydrogens is 166 g/mol. The van der Waals surface area contributed by atoms with E-state index in [1.54, 1.807) is 11.3 Å². The molecule has 0 amide bonds. The second kappa shape index (κ2) is 3.68. The summed E-state index contributed by atoms with van der Waals surface area (Å²) in [4.78, 5) is 6.51. The third kappa shape index (κ3) is 1.64. The molecule has 0 atom stereocenters. The number of rotatable bonds is 2. The Hall–Kier alpha value is -0.890. The first-order valence-electron chi connectivity index (χ1n) is 3.89. The lowest BCUT2D eigenvalue weighted by atomic mass is 10.2. The van der Waals surface area contributed by atoms with Crippen molar-refractivity contribution in [2.75, 3.05) is 0 Å². The van der Waals surface area contributed by atoms with E-state index in [0.717, 1.165) is 5.69 Å². The standard InChI is InChI=1S/C10H13NS/c1-5-7(2)10-9(11-4)6-8(3)12-10/h5-6H,4H2,1-3H3/b7-5-. The van der Waals surface area contributed by atoms with Gasteiger partial charge in [0.25, 0.3) is 0 Å². The molecule has 0 fully saturated rings. The van der Waals surface area contributed by atoms with E-state index in [1.165, 1.54) is 15.3 Å². The lowest BCUT2D eigenvalue weighted by Gasteiger charge is -1.96. The maximum atomic E-state index is 3.98. The van der Waals surface area contributed by atoms with Gasteiger partial charge in [0.15, 0.2) is 0 Å². The molecule has 1 aromatic heterocycles. The number of hydrogen-bond donors (Lipinski definition) is 0. The average molecular weight is 179 g/mol. The van der Waals surface area contributed by atoms with E-state index in [2.05, 4.69) is 37.7 Å². The van der Waals surface area contributed by atoms with E-state index in [0.29, 0.717) is 0 Å². The smallest absolute Gasteiger partial charge is 0.0807 e. The van der Waals surface area contributed by atoms with Crippen molar-refractivity contribution in [3.05, 3.63) is 21.9 Å². The Morgan fingerprint density at radius 3 is 2.83 bits per heavy atom. The van der Waals surface area contributed by atoms with Gasteiger partial charge >= 0.3 is 0 Å². The minimum atomic E-state index is 1.01. The predicted octanol–water partition coefficient (Wildman–Crippen LogP) is 3.81. The van der Waals surface area contributed by atoms with Crippen LogP contribution in [0.3, 0.4) is 0 Å². The van der Waals surface area contributed by atoms with Gasteiger partial charge in [-0.3, -0.25) is 4.99 Å². The van der Waals surface area contributed by atoms with E-state index in [1.807, 2.05) is 6.92 Å². The van der Waals surface area contributed by atoms with E-state index >= 15 is 0 Å². The third-order valence-electron chi connectivity index (χ3n) is 1.80. The Kier molecular flexibility index (Phi) is 2.82. The Labute approximate surface area is 77.5 Å². The van der Waals surface area contributed by atoms with Gasteiger partial charge in [0.1, 0.15) is 0 Å². The second-order valence-corrected chi connectivity index (χ2v) is 3.96. The van der Waals surface area contributed by atoms with Crippen LogP contribution >= 0.6 is 11.3 Å². The molecule has 0 aliphatic carbocycles. The molecule has 0 radical (unpaired) electrons. The van der Waals surface area contributed by atoms with Gasteiger partial charge in [0.05, 0.1) is 10.6 Å². The van der Waals surface area contributed by atoms with Gasteiger partial charge in [0, 0.05) is 4.88 Å². The van der Waals surface area contributed by atoms with Crippen molar-refractivity contribution >= 4 is 29.3 Å². The highest BCUT2D eigenvalue weighted by molar-refractivity contribution is 7.13. The Balaban J connectivity index is 3.22. The topological polar surface area (TPSA) is 12.4 Å². The molecule has 0 bridgehead atoms. The van der Waals surface area contributed by atoms with Gasteiger partial charge in [0.2, 0.25) is 0 Å². The summed E-state index contributed by atoms with van der Waals surface area (Å²) in [6, 6.07) is 2.07. The third-order valence-corrected chi connectivity index (χ3v) is 2.97. The molecule has 1 nitrogen and oxygen atoms in total. The van der Waals surface area contributed by atoms with Gasteiger partial charge in [-0.1, -0.05) is 6.08 Å². The lowest BCUT2D eigenvalue weighted by molar-refractivity contribution is 1.54. The fraction of sp³-hybridized carbons (Fsp3) is 0.300. The largest absolute Gasteiger partial charge is 0.263 e. The van der Waals surface area contributed by atoms with Crippen LogP contribution in [0.15, 0.2) is 17.1 Å². The zero-order chi connectivity index (χ0) is 9.14. The van der Waals surface area contributed by atoms with Gasteiger partial charge in [-0.05, 0) is 39.1 Å². The molecule has 12 heavy (non-hydrogen) atoms. The highest BCUT2D eigenvalue weighted by Crippen LogP contribution is 2.34. The first-order valence-corrected chi connectivity index (χ1v) is 4.71. The van der Waals surface area contributed by atoms with Crippen LogP contribution < -0.4 is 0 Å². The molecule has 2 heteroatoms. The maximum absolute atomic E-state index is 3.98. The van der Waals surface area contributed by atoms with Crippen LogP contribution in [0, 0.1) is 6.92 Å². The summed E-state index contributed by atoms with van der Waals surface area (Å²) in [6.07, 6.45) is 2.10. The van der Waals surface area contributed by atoms with Crippen molar-refractivity contribution in [2.24, 2.45) is 4.99 Å². The van der Waals surface area contributed by atoms with Crippen LogP contribution in [-0.2, 0) is 0 Å². The van der Waals surface area contributed by atoms with E-state index in [-0.39, 0.29) is 0 Å². The zero-order valence-electron chi connectivity index (χ0n) is 7.72. The van der Waals surface area contributed by atoms with Crippen molar-refractivity contribution in [3.63, 3.8) is 0 Å². The predicted molar refractivity (Wildman–Crippen MR) is 57.6 cm³/mol. The van der Waals surface area contributed by atoms with Crippen LogP contribution in [-0.4, -0.2) is 6.72 Å². The van der Waals surface area contributed by atoms with Crippen LogP contribution in [0.5, 0.6) is 0 Å². The monoisotopic (exact) mass is 179 g/mol. The molecule has 64 valence electrons. The molecule has 1 heterocycles. The molecule has 0 N–H and O–H groups in total. The first kappa shape index (κ1) is 9.20. The summed E-state index contributed by atoms with van der Waals surface area (Å²) in [7, 11) is 0. The van der Waals surface area contributed by atoms with Gasteiger partial charge in [-0.2, -0.15) is 0 Å². The number of thiophene rings is 1. The van der Waals surface area contributed by atoms with Crippen LogP contribution in [0.4, 0.5) is 5.69 Å². The number of nitrogens with zero attached hydrogens (tertiary/aromatic N) is 1. The van der Waals surface area contributed by atoms with Crippen molar-refractivity contribution in [1.29, 1.82) is 0 Å². The molecular formula is C10H13NS. The Morgan fingerprint density at radius 1 is 1.67 bits per heavy atom. The number of aliphatic imine (C=N–C) groups is 1. The van der Waals surface area contributed by atoms with Gasteiger partial charge in [-0.15, -0.1) is 11.3 Å². The second-order valence-electron chi connectivity index (χ2n) is 2.70. The lowest BCUT2D eigenvalue weighted by Crippen LogP contribution is -1.70. The highest BCUT2D eigenvalue weighted by atomic mass is 32.1. The maximum Gasteiger partial charge on any atom is 0.0807 e. The molecule has 0 aliphatic heterocycles. The van der Waals surface area contributed by atoms with Crippen molar-refractivity contribution in [1.82, 2.24) is 0 Å². The summed E-state index contributed by atoms with van der Waals surface area (Å²) >= 11 is 1.77. The van der Waals surface area contributed by atoms with E-state index < -0.39 is 0 Å². The molecule has 1 aromatic rings. The SMILES string of the molecule is C=Nc1cc(C)sc1/C(C)=C\C. The quantitative estimate of drug-likeness (QED) is 0.612. The molecule has 0 aromatic carbocycles. The summed E-state index contributed by atoms with van der Waals surface area (Å²) < 4.78 is 0. The van der Waals surface area contributed by atoms with Crippen LogP contribution in [0.1, 0.15) is 23.6 Å². The average Bonchev–Trinajstić information content (AvgIpc) is 2.45. The fourth-order valence-electron chi connectivity index (χ4n) is 1.03. The van der Waals surface area contributed by atoms with Crippen LogP contribution in [0.2, 0.25) is 0 Å². The van der Waals surface area contributed by atoms with Gasteiger partial charge in [-0.25, -0.2) is 0 Å². The van der Waals surface area contributed by atoms with Crippen molar-refractivity contribution in [2.45, 2.75) is 20.8 Å². The van der Waals surface area contributed by atoms with E-state index in [9.17, 15) is 0 Å². The number of aryl methyl sites for hydroxylation is 1. The summed E-state index contributed by atoms with van der Waals surface area (Å²) in [5.41, 5.74) is 2.28. The number of allylic oxidation sites excluding steroid dienone is 2. The molecule has 0 saturated carbocycles. The number of hydrogen-bond acceptors (Lipinski definition) is 2. The zero-order valence-corrected chi connectivity index (χ0v) is 8.53. The van der Waals surface area contributed by atoms with Gasteiger partial charge < -0.3 is 0 Å². The van der Waals surface area contributed by atoms with E-state index in [4.69, 9.17) is 0 Å². The minimum Gasteiger partial charge on any atom is -0.263 e. The Bertz CT molecular complexity index is 321. The van der Waals surface area contributed by atoms with Crippen molar-refractivity contribution in [3.8, 4) is 0 Å². The molecule has 0 aliphatic rings. The molecule has 0 unspecified atom stereocenters. The van der Waals surface area contributed by atoms with Crippen LogP contribution in [0.25, 0.3) is 5.57 Å². The highest BCUT2D eigenvalue weighted by Gasteiger charge is 2.05. The first-order chi connectivity index (χ1) is 5.69. The molecule has 0 saturated heterocycles. The summed E-state index contributed by atoms with van der Waals surface area (Å²) in [6.45, 7) is 9.78. The summed E-state index contributed by atoms with van der Waals surface area (Å²) in [5, 5.41) is 0. The minimum absolute atomic E-state index is 1.01. The molecule has 1 rings (SSSR count).